The van der Waals surface area contributed by atoms with Crippen molar-refractivity contribution in [2.45, 2.75) is 57.6 Å². The van der Waals surface area contributed by atoms with Gasteiger partial charge in [0, 0.05) is 46.0 Å². The van der Waals surface area contributed by atoms with Crippen LogP contribution >= 0.6 is 11.6 Å². The van der Waals surface area contributed by atoms with E-state index in [-0.39, 0.29) is 12.0 Å². The highest BCUT2D eigenvalue weighted by Crippen LogP contribution is 2.40. The smallest absolute Gasteiger partial charge is 0.163 e. The number of benzene rings is 1. The molecule has 4 heterocycles. The second-order valence-electron chi connectivity index (χ2n) is 9.38. The molecule has 0 unspecified atom stereocenters. The van der Waals surface area contributed by atoms with Crippen LogP contribution in [0.25, 0.3) is 22.3 Å². The van der Waals surface area contributed by atoms with Crippen LogP contribution in [0.1, 0.15) is 66.4 Å². The lowest BCUT2D eigenvalue weighted by molar-refractivity contribution is 0.00396. The molecule has 0 amide bonds. The third-order valence-corrected chi connectivity index (χ3v) is 7.13. The van der Waals surface area contributed by atoms with Crippen LogP contribution in [0, 0.1) is 19.7 Å². The van der Waals surface area contributed by atoms with Gasteiger partial charge in [0.05, 0.1) is 24.0 Å². The van der Waals surface area contributed by atoms with E-state index in [0.29, 0.717) is 40.4 Å². The molecule has 8 heteroatoms. The van der Waals surface area contributed by atoms with E-state index in [1.807, 2.05) is 30.8 Å². The summed E-state index contributed by atoms with van der Waals surface area (Å²) in [5, 5.41) is 5.61. The first kappa shape index (κ1) is 21.6. The third kappa shape index (κ3) is 3.97. The molecule has 1 aliphatic carbocycles. The fourth-order valence-corrected chi connectivity index (χ4v) is 4.81. The maximum atomic E-state index is 15.0. The van der Waals surface area contributed by atoms with Crippen molar-refractivity contribution in [1.82, 2.24) is 24.7 Å². The maximum Gasteiger partial charge on any atom is 0.163 e. The normalized spacial score (nSPS) is 20.7. The summed E-state index contributed by atoms with van der Waals surface area (Å²) in [6, 6.07) is 7.21. The predicted molar refractivity (Wildman–Crippen MR) is 128 cm³/mol. The Bertz CT molecular complexity index is 1400. The number of rotatable bonds is 4. The number of hydrogen-bond acceptors (Lipinski definition) is 5. The van der Waals surface area contributed by atoms with Crippen LogP contribution in [0.4, 0.5) is 4.39 Å². The van der Waals surface area contributed by atoms with Gasteiger partial charge < -0.3 is 4.74 Å². The molecule has 0 N–H and O–H groups in total. The van der Waals surface area contributed by atoms with Crippen LogP contribution in [-0.4, -0.2) is 31.3 Å². The largest absolute Gasteiger partial charge is 0.373 e. The van der Waals surface area contributed by atoms with E-state index in [2.05, 4.69) is 11.3 Å². The molecule has 1 saturated carbocycles. The van der Waals surface area contributed by atoms with E-state index >= 15 is 0 Å². The SMILES string of the molecule is Cc1cc2c(-c3ccc(Cl)cc3F)nc([C@@H]3CCO[C@@H](c4cnn(C5CC5)c4)C3)nc2nc1C. The molecule has 2 fully saturated rings. The molecule has 1 saturated heterocycles. The number of ether oxygens (including phenoxy) is 1. The summed E-state index contributed by atoms with van der Waals surface area (Å²) in [5.41, 5.74) is 4.54. The molecule has 174 valence electrons. The molecule has 0 bridgehead atoms. The highest BCUT2D eigenvalue weighted by atomic mass is 35.5. The molecule has 1 aliphatic heterocycles. The third-order valence-electron chi connectivity index (χ3n) is 6.90. The van der Waals surface area contributed by atoms with Crippen LogP contribution in [0.5, 0.6) is 0 Å². The molecule has 6 nitrogen and oxygen atoms in total. The van der Waals surface area contributed by atoms with Gasteiger partial charge in [-0.05, 0) is 69.4 Å². The van der Waals surface area contributed by atoms with Gasteiger partial charge in [0.1, 0.15) is 11.6 Å². The Morgan fingerprint density at radius 2 is 1.94 bits per heavy atom. The van der Waals surface area contributed by atoms with Gasteiger partial charge in [-0.1, -0.05) is 11.6 Å². The number of pyridine rings is 1. The Morgan fingerprint density at radius 1 is 1.09 bits per heavy atom. The van der Waals surface area contributed by atoms with Crippen molar-refractivity contribution in [3.63, 3.8) is 0 Å². The lowest BCUT2D eigenvalue weighted by atomic mass is 9.92. The van der Waals surface area contributed by atoms with Gasteiger partial charge in [0.25, 0.3) is 0 Å². The first-order chi connectivity index (χ1) is 16.5. The van der Waals surface area contributed by atoms with Crippen molar-refractivity contribution in [1.29, 1.82) is 0 Å². The highest BCUT2D eigenvalue weighted by Gasteiger charge is 2.31. The van der Waals surface area contributed by atoms with Crippen molar-refractivity contribution in [3.8, 4) is 11.3 Å². The number of hydrogen-bond donors (Lipinski definition) is 0. The van der Waals surface area contributed by atoms with Gasteiger partial charge in [0.2, 0.25) is 0 Å². The molecular formula is C26H25ClFN5O. The van der Waals surface area contributed by atoms with E-state index < -0.39 is 5.82 Å². The van der Waals surface area contributed by atoms with Gasteiger partial charge in [-0.2, -0.15) is 5.10 Å². The summed E-state index contributed by atoms with van der Waals surface area (Å²) in [7, 11) is 0. The molecular weight excluding hydrogens is 453 g/mol. The summed E-state index contributed by atoms with van der Waals surface area (Å²) < 4.78 is 23.1. The van der Waals surface area contributed by atoms with Crippen molar-refractivity contribution in [2.75, 3.05) is 6.61 Å². The van der Waals surface area contributed by atoms with Crippen molar-refractivity contribution in [2.24, 2.45) is 0 Å². The Kier molecular flexibility index (Phi) is 5.34. The monoisotopic (exact) mass is 477 g/mol. The van der Waals surface area contributed by atoms with Crippen molar-refractivity contribution >= 4 is 22.6 Å². The zero-order valence-electron chi connectivity index (χ0n) is 19.1. The van der Waals surface area contributed by atoms with Gasteiger partial charge in [-0.15, -0.1) is 0 Å². The number of nitrogens with zero attached hydrogens (tertiary/aromatic N) is 5. The van der Waals surface area contributed by atoms with Crippen molar-refractivity contribution in [3.05, 3.63) is 70.1 Å². The average Bonchev–Trinajstić information content (AvgIpc) is 3.56. The summed E-state index contributed by atoms with van der Waals surface area (Å²) >= 11 is 6.02. The molecule has 4 aromatic rings. The molecule has 2 atom stereocenters. The fourth-order valence-electron chi connectivity index (χ4n) is 4.65. The van der Waals surface area contributed by atoms with Crippen molar-refractivity contribution < 1.29 is 9.13 Å². The van der Waals surface area contributed by atoms with E-state index in [0.717, 1.165) is 35.0 Å². The molecule has 34 heavy (non-hydrogen) atoms. The summed E-state index contributed by atoms with van der Waals surface area (Å²) in [6.45, 7) is 4.56. The number of fused-ring (bicyclic) bond motifs is 1. The first-order valence-corrected chi connectivity index (χ1v) is 12.1. The second kappa shape index (κ2) is 8.40. The summed E-state index contributed by atoms with van der Waals surface area (Å²) in [6.07, 6.45) is 7.88. The maximum absolute atomic E-state index is 15.0. The minimum atomic E-state index is -0.408. The van der Waals surface area contributed by atoms with Crippen LogP contribution in [0.15, 0.2) is 36.7 Å². The van der Waals surface area contributed by atoms with Crippen LogP contribution < -0.4 is 0 Å². The van der Waals surface area contributed by atoms with Crippen LogP contribution in [0.2, 0.25) is 5.02 Å². The zero-order valence-corrected chi connectivity index (χ0v) is 19.9. The van der Waals surface area contributed by atoms with E-state index in [4.69, 9.17) is 31.3 Å². The Labute approximate surface area is 202 Å². The quantitative estimate of drug-likeness (QED) is 0.346. The van der Waals surface area contributed by atoms with E-state index in [1.165, 1.54) is 18.9 Å². The molecule has 0 spiro atoms. The van der Waals surface area contributed by atoms with Gasteiger partial charge in [-0.3, -0.25) is 4.68 Å². The Morgan fingerprint density at radius 3 is 2.74 bits per heavy atom. The zero-order chi connectivity index (χ0) is 23.4. The lowest BCUT2D eigenvalue weighted by Gasteiger charge is -2.28. The molecule has 3 aromatic heterocycles. The molecule has 1 aromatic carbocycles. The standard InChI is InChI=1S/C26H25ClFN5O/c1-14-9-21-24(20-6-3-18(27)11-22(20)28)31-25(32-26(21)30-15(14)2)16-7-8-34-23(10-16)17-12-29-33(13-17)19-4-5-19/h3,6,9,11-13,16,19,23H,4-5,7-8,10H2,1-2H3/t16-,23-/m1/s1. The minimum absolute atomic E-state index is 0.0611. The number of halogens is 2. The topological polar surface area (TPSA) is 65.7 Å². The van der Waals surface area contributed by atoms with Gasteiger partial charge in [0.15, 0.2) is 5.65 Å². The summed E-state index contributed by atoms with van der Waals surface area (Å²) in [5.74, 6) is 0.342. The van der Waals surface area contributed by atoms with E-state index in [9.17, 15) is 4.39 Å². The fraction of sp³-hybridized carbons (Fsp3) is 0.385. The highest BCUT2D eigenvalue weighted by molar-refractivity contribution is 6.30. The van der Waals surface area contributed by atoms with Gasteiger partial charge in [-0.25, -0.2) is 19.3 Å². The molecule has 2 aliphatic rings. The average molecular weight is 478 g/mol. The Balaban J connectivity index is 1.41. The molecule has 6 rings (SSSR count). The minimum Gasteiger partial charge on any atom is -0.373 e. The Hall–Kier alpha value is -2.90. The number of aryl methyl sites for hydroxylation is 2. The lowest BCUT2D eigenvalue weighted by Crippen LogP contribution is -2.20. The van der Waals surface area contributed by atoms with E-state index in [1.54, 1.807) is 12.1 Å². The first-order valence-electron chi connectivity index (χ1n) is 11.7. The van der Waals surface area contributed by atoms with Gasteiger partial charge >= 0.3 is 0 Å². The summed E-state index contributed by atoms with van der Waals surface area (Å²) in [4.78, 5) is 14.5. The number of aromatic nitrogens is 5. The predicted octanol–water partition coefficient (Wildman–Crippen LogP) is 6.27. The molecule has 0 radical (unpaired) electrons. The van der Waals surface area contributed by atoms with Crippen LogP contribution in [0.3, 0.4) is 0 Å². The van der Waals surface area contributed by atoms with Crippen LogP contribution in [-0.2, 0) is 4.74 Å². The second-order valence-corrected chi connectivity index (χ2v) is 9.82.